The summed E-state index contributed by atoms with van der Waals surface area (Å²) < 4.78 is 18.1. The summed E-state index contributed by atoms with van der Waals surface area (Å²) in [6.07, 6.45) is 0.963. The summed E-state index contributed by atoms with van der Waals surface area (Å²) in [6, 6.07) is 33.6. The maximum atomic E-state index is 13.2. The molecule has 0 aliphatic carbocycles. The molecule has 4 aromatic carbocycles. The highest BCUT2D eigenvalue weighted by Crippen LogP contribution is 2.44. The van der Waals surface area contributed by atoms with E-state index in [0.29, 0.717) is 25.2 Å². The summed E-state index contributed by atoms with van der Waals surface area (Å²) in [4.78, 5) is 17.9. The first-order valence-electron chi connectivity index (χ1n) is 14.8. The molecule has 0 heterocycles. The Hall–Kier alpha value is -4.33. The molecule has 0 aliphatic rings. The monoisotopic (exact) mass is 596 g/mol. The van der Waals surface area contributed by atoms with Gasteiger partial charge in [0.25, 0.3) is 0 Å². The van der Waals surface area contributed by atoms with Crippen molar-refractivity contribution in [3.8, 4) is 17.2 Å². The molecule has 0 saturated heterocycles. The Kier molecular flexibility index (Phi) is 10.3. The fraction of sp³-hybridized carbons (Fsp3) is 0.324. The maximum Gasteiger partial charge on any atom is 0.220 e. The molecule has 0 aromatic heterocycles. The van der Waals surface area contributed by atoms with Crippen molar-refractivity contribution in [3.05, 3.63) is 125 Å². The lowest BCUT2D eigenvalue weighted by molar-refractivity contribution is -0.125. The molecule has 0 bridgehead atoms. The molecule has 0 atom stereocenters. The molecule has 4 aromatic rings. The minimum Gasteiger partial charge on any atom is -0.497 e. The molecule has 0 spiro atoms. The van der Waals surface area contributed by atoms with E-state index in [0.717, 1.165) is 33.8 Å². The van der Waals surface area contributed by atoms with Crippen LogP contribution in [0.15, 0.2) is 103 Å². The van der Waals surface area contributed by atoms with Crippen LogP contribution in [-0.2, 0) is 21.6 Å². The normalized spacial score (nSPS) is 12.0. The summed E-state index contributed by atoms with van der Waals surface area (Å²) in [6.45, 7) is 8.68. The van der Waals surface area contributed by atoms with Gasteiger partial charge in [0, 0.05) is 17.4 Å². The third-order valence-electron chi connectivity index (χ3n) is 8.67. The van der Waals surface area contributed by atoms with Gasteiger partial charge in [0.15, 0.2) is 0 Å². The Morgan fingerprint density at radius 2 is 1.16 bits per heavy atom. The molecular weight excluding hydrogens is 552 g/mol. The van der Waals surface area contributed by atoms with Gasteiger partial charge in [0.05, 0.1) is 20.8 Å². The fourth-order valence-corrected chi connectivity index (χ4v) is 5.12. The Morgan fingerprint density at radius 1 is 0.682 bits per heavy atom. The van der Waals surface area contributed by atoms with Crippen molar-refractivity contribution in [2.45, 2.75) is 51.7 Å². The Balaban J connectivity index is 1.63. The first-order chi connectivity index (χ1) is 21.0. The maximum absolute atomic E-state index is 13.2. The highest BCUT2D eigenvalue weighted by atomic mass is 16.6. The number of nitrogens with two attached hydrogens (primary N) is 1. The van der Waals surface area contributed by atoms with Gasteiger partial charge in [-0.2, -0.15) is 5.90 Å². The van der Waals surface area contributed by atoms with Gasteiger partial charge in [-0.05, 0) is 78.9 Å². The van der Waals surface area contributed by atoms with Crippen LogP contribution in [0.3, 0.4) is 0 Å². The molecule has 3 N–H and O–H groups in total. The van der Waals surface area contributed by atoms with E-state index in [-0.39, 0.29) is 5.91 Å². The second kappa shape index (κ2) is 14.0. The van der Waals surface area contributed by atoms with Gasteiger partial charge in [0.2, 0.25) is 5.91 Å². The fourth-order valence-electron chi connectivity index (χ4n) is 5.12. The zero-order valence-corrected chi connectivity index (χ0v) is 26.6. The third kappa shape index (κ3) is 7.24. The SMILES string of the molecule is COc1ccc(C(OCC(C)(C)C(C)(C)NC(=O)CCc2ccc(ON)cc2)(c2ccccc2)c2ccc(OC)cc2)cc1. The lowest BCUT2D eigenvalue weighted by atomic mass is 9.74. The lowest BCUT2D eigenvalue weighted by Gasteiger charge is -2.45. The van der Waals surface area contributed by atoms with Gasteiger partial charge in [-0.3, -0.25) is 4.79 Å². The number of hydrogen-bond donors (Lipinski definition) is 2. The predicted octanol–water partition coefficient (Wildman–Crippen LogP) is 6.82. The molecular formula is C37H44N2O5. The molecule has 7 heteroatoms. The van der Waals surface area contributed by atoms with Crippen molar-refractivity contribution in [2.75, 3.05) is 20.8 Å². The van der Waals surface area contributed by atoms with E-state index < -0.39 is 16.6 Å². The molecule has 1 amide bonds. The Morgan fingerprint density at radius 3 is 1.64 bits per heavy atom. The third-order valence-corrected chi connectivity index (χ3v) is 8.67. The van der Waals surface area contributed by atoms with E-state index in [1.807, 2.05) is 92.7 Å². The zero-order valence-electron chi connectivity index (χ0n) is 26.6. The van der Waals surface area contributed by atoms with E-state index in [1.54, 1.807) is 26.4 Å². The van der Waals surface area contributed by atoms with Crippen molar-refractivity contribution in [1.82, 2.24) is 5.32 Å². The van der Waals surface area contributed by atoms with Crippen molar-refractivity contribution < 1.29 is 23.8 Å². The second-order valence-corrected chi connectivity index (χ2v) is 12.1. The van der Waals surface area contributed by atoms with Crippen LogP contribution in [0, 0.1) is 5.41 Å². The smallest absolute Gasteiger partial charge is 0.220 e. The molecule has 0 aliphatic heterocycles. The standard InChI is InChI=1S/C37H44N2O5/c1-35(2,36(3,4)39-34(40)25-14-27-12-19-33(44-38)20-13-27)26-43-37(28-10-8-7-9-11-28,29-15-21-31(41-5)22-16-29)30-17-23-32(42-6)24-18-30/h7-13,15-24H,14,25-26,38H2,1-6H3,(H,39,40). The summed E-state index contributed by atoms with van der Waals surface area (Å²) in [5.74, 6) is 7.30. The number of rotatable bonds is 14. The van der Waals surface area contributed by atoms with E-state index in [4.69, 9.17) is 24.9 Å². The van der Waals surface area contributed by atoms with Gasteiger partial charge in [-0.25, -0.2) is 0 Å². The number of carbonyl (C=O) groups excluding carboxylic acids is 1. The molecule has 0 unspecified atom stereocenters. The van der Waals surface area contributed by atoms with Crippen LogP contribution in [0.25, 0.3) is 0 Å². The number of benzene rings is 4. The van der Waals surface area contributed by atoms with Gasteiger partial charge in [-0.1, -0.05) is 80.6 Å². The van der Waals surface area contributed by atoms with Crippen LogP contribution < -0.4 is 25.5 Å². The Bertz CT molecular complexity index is 1430. The average Bonchev–Trinajstić information content (AvgIpc) is 3.05. The van der Waals surface area contributed by atoms with Crippen LogP contribution in [-0.4, -0.2) is 32.3 Å². The number of carbonyl (C=O) groups is 1. The van der Waals surface area contributed by atoms with Crippen molar-refractivity contribution in [1.29, 1.82) is 0 Å². The Labute approximate surface area is 261 Å². The summed E-state index contributed by atoms with van der Waals surface area (Å²) in [5.41, 5.74) is 1.92. The van der Waals surface area contributed by atoms with Crippen LogP contribution in [0.4, 0.5) is 0 Å². The first-order valence-corrected chi connectivity index (χ1v) is 14.8. The quantitative estimate of drug-likeness (QED) is 0.123. The summed E-state index contributed by atoms with van der Waals surface area (Å²) in [5, 5.41) is 3.28. The molecule has 0 radical (unpaired) electrons. The van der Waals surface area contributed by atoms with E-state index in [2.05, 4.69) is 31.3 Å². The largest absolute Gasteiger partial charge is 0.497 e. The number of methoxy groups -OCH3 is 2. The molecule has 0 saturated carbocycles. The van der Waals surface area contributed by atoms with Gasteiger partial charge < -0.3 is 24.4 Å². The van der Waals surface area contributed by atoms with Gasteiger partial charge in [0.1, 0.15) is 22.8 Å². The number of aryl methyl sites for hydroxylation is 1. The molecule has 4 rings (SSSR count). The second-order valence-electron chi connectivity index (χ2n) is 12.1. The first kappa shape index (κ1) is 32.6. The highest BCUT2D eigenvalue weighted by Gasteiger charge is 2.44. The number of hydrogen-bond acceptors (Lipinski definition) is 6. The number of ether oxygens (including phenoxy) is 3. The van der Waals surface area contributed by atoms with Crippen molar-refractivity contribution in [3.63, 3.8) is 0 Å². The molecule has 0 fully saturated rings. The average molecular weight is 597 g/mol. The zero-order chi connectivity index (χ0) is 31.8. The van der Waals surface area contributed by atoms with Gasteiger partial charge >= 0.3 is 0 Å². The van der Waals surface area contributed by atoms with Crippen LogP contribution in [0.5, 0.6) is 17.2 Å². The summed E-state index contributed by atoms with van der Waals surface area (Å²) in [7, 11) is 3.31. The van der Waals surface area contributed by atoms with E-state index in [1.165, 1.54) is 0 Å². The lowest BCUT2D eigenvalue weighted by Crippen LogP contribution is -2.56. The van der Waals surface area contributed by atoms with Crippen molar-refractivity contribution in [2.24, 2.45) is 11.3 Å². The topological polar surface area (TPSA) is 92.0 Å². The van der Waals surface area contributed by atoms with Crippen LogP contribution >= 0.6 is 0 Å². The van der Waals surface area contributed by atoms with E-state index in [9.17, 15) is 4.79 Å². The number of nitrogens with one attached hydrogen (secondary N) is 1. The van der Waals surface area contributed by atoms with Crippen LogP contribution in [0.1, 0.15) is 56.4 Å². The van der Waals surface area contributed by atoms with Gasteiger partial charge in [-0.15, -0.1) is 0 Å². The molecule has 7 nitrogen and oxygen atoms in total. The predicted molar refractivity (Wildman–Crippen MR) is 174 cm³/mol. The number of amides is 1. The molecule has 44 heavy (non-hydrogen) atoms. The molecule has 232 valence electrons. The van der Waals surface area contributed by atoms with Crippen molar-refractivity contribution >= 4 is 5.91 Å². The minimum absolute atomic E-state index is 0.0261. The highest BCUT2D eigenvalue weighted by molar-refractivity contribution is 5.77. The van der Waals surface area contributed by atoms with E-state index >= 15 is 0 Å². The minimum atomic E-state index is -0.948. The summed E-state index contributed by atoms with van der Waals surface area (Å²) >= 11 is 0. The van der Waals surface area contributed by atoms with Crippen LogP contribution in [0.2, 0.25) is 0 Å².